The minimum atomic E-state index is -3.08. The fourth-order valence-electron chi connectivity index (χ4n) is 2.59. The lowest BCUT2D eigenvalue weighted by atomic mass is 10.1. The molecular formula is C15H24N2O4S. The van der Waals surface area contributed by atoms with Gasteiger partial charge in [-0.3, -0.25) is 4.90 Å². The van der Waals surface area contributed by atoms with Gasteiger partial charge in [0.1, 0.15) is 11.5 Å². The van der Waals surface area contributed by atoms with Gasteiger partial charge in [-0.15, -0.1) is 0 Å². The lowest BCUT2D eigenvalue weighted by Crippen LogP contribution is -2.48. The standard InChI is InChI=1S/C15H24N2O4S/c1-4-22(18,19)17-9-7-16(8-10-17)12-13-11-14(20-2)5-6-15(13)21-3/h5-6,11H,4,7-10,12H2,1-3H3. The van der Waals surface area contributed by atoms with Gasteiger partial charge in [-0.2, -0.15) is 4.31 Å². The van der Waals surface area contributed by atoms with E-state index in [1.165, 1.54) is 0 Å². The smallest absolute Gasteiger partial charge is 0.213 e. The van der Waals surface area contributed by atoms with Gasteiger partial charge < -0.3 is 9.47 Å². The molecule has 0 bridgehead atoms. The Hall–Kier alpha value is -1.31. The Bertz CT molecular complexity index is 596. The Balaban J connectivity index is 2.02. The van der Waals surface area contributed by atoms with Crippen LogP contribution in [0.3, 0.4) is 0 Å². The summed E-state index contributed by atoms with van der Waals surface area (Å²) in [5.74, 6) is 1.78. The van der Waals surface area contributed by atoms with Crippen LogP contribution in [0, 0.1) is 0 Å². The summed E-state index contributed by atoms with van der Waals surface area (Å²) < 4.78 is 36.0. The molecule has 22 heavy (non-hydrogen) atoms. The second-order valence-corrected chi connectivity index (χ2v) is 7.51. The lowest BCUT2D eigenvalue weighted by Gasteiger charge is -2.34. The number of rotatable bonds is 6. The van der Waals surface area contributed by atoms with Crippen LogP contribution in [0.1, 0.15) is 12.5 Å². The molecule has 0 spiro atoms. The molecule has 6 nitrogen and oxygen atoms in total. The van der Waals surface area contributed by atoms with Gasteiger partial charge in [0.15, 0.2) is 0 Å². The van der Waals surface area contributed by atoms with Crippen LogP contribution < -0.4 is 9.47 Å². The quantitative estimate of drug-likeness (QED) is 0.784. The monoisotopic (exact) mass is 328 g/mol. The average Bonchev–Trinajstić information content (AvgIpc) is 2.55. The molecule has 0 amide bonds. The second-order valence-electron chi connectivity index (χ2n) is 5.25. The van der Waals surface area contributed by atoms with E-state index in [9.17, 15) is 8.42 Å². The molecule has 0 aromatic heterocycles. The van der Waals surface area contributed by atoms with Crippen LogP contribution in [0.2, 0.25) is 0 Å². The number of hydrogen-bond acceptors (Lipinski definition) is 5. The molecule has 0 N–H and O–H groups in total. The first-order valence-corrected chi connectivity index (χ1v) is 9.02. The molecule has 1 saturated heterocycles. The van der Waals surface area contributed by atoms with E-state index in [1.54, 1.807) is 25.4 Å². The van der Waals surface area contributed by atoms with E-state index in [-0.39, 0.29) is 5.75 Å². The molecule has 1 aromatic carbocycles. The van der Waals surface area contributed by atoms with Crippen molar-refractivity contribution in [1.82, 2.24) is 9.21 Å². The highest BCUT2D eigenvalue weighted by molar-refractivity contribution is 7.89. The second kappa shape index (κ2) is 7.30. The van der Waals surface area contributed by atoms with Crippen LogP contribution in [0.25, 0.3) is 0 Å². The summed E-state index contributed by atoms with van der Waals surface area (Å²) in [5.41, 5.74) is 1.05. The average molecular weight is 328 g/mol. The zero-order chi connectivity index (χ0) is 16.2. The van der Waals surface area contributed by atoms with Crippen molar-refractivity contribution in [2.45, 2.75) is 13.5 Å². The van der Waals surface area contributed by atoms with E-state index in [1.807, 2.05) is 18.2 Å². The van der Waals surface area contributed by atoms with Crippen molar-refractivity contribution in [3.8, 4) is 11.5 Å². The Morgan fingerprint density at radius 3 is 2.32 bits per heavy atom. The van der Waals surface area contributed by atoms with Crippen LogP contribution >= 0.6 is 0 Å². The van der Waals surface area contributed by atoms with E-state index in [2.05, 4.69) is 4.90 Å². The number of hydrogen-bond donors (Lipinski definition) is 0. The highest BCUT2D eigenvalue weighted by Gasteiger charge is 2.25. The third-order valence-corrected chi connectivity index (χ3v) is 5.85. The molecule has 0 aliphatic carbocycles. The maximum absolute atomic E-state index is 11.9. The Labute approximate surface area is 132 Å². The largest absolute Gasteiger partial charge is 0.497 e. The van der Waals surface area contributed by atoms with Gasteiger partial charge in [-0.1, -0.05) is 0 Å². The van der Waals surface area contributed by atoms with Crippen molar-refractivity contribution < 1.29 is 17.9 Å². The topological polar surface area (TPSA) is 59.1 Å². The lowest BCUT2D eigenvalue weighted by molar-refractivity contribution is 0.180. The molecule has 1 aliphatic rings. The van der Waals surface area contributed by atoms with E-state index in [0.29, 0.717) is 13.1 Å². The van der Waals surface area contributed by atoms with Crippen molar-refractivity contribution in [2.24, 2.45) is 0 Å². The fraction of sp³-hybridized carbons (Fsp3) is 0.600. The van der Waals surface area contributed by atoms with Crippen LogP contribution in [-0.2, 0) is 16.6 Å². The minimum absolute atomic E-state index is 0.163. The predicted molar refractivity (Wildman–Crippen MR) is 85.9 cm³/mol. The molecule has 1 heterocycles. The molecule has 1 aliphatic heterocycles. The van der Waals surface area contributed by atoms with Crippen molar-refractivity contribution >= 4 is 10.0 Å². The first kappa shape index (κ1) is 17.1. The Morgan fingerprint density at radius 2 is 1.77 bits per heavy atom. The van der Waals surface area contributed by atoms with E-state index in [4.69, 9.17) is 9.47 Å². The summed E-state index contributed by atoms with van der Waals surface area (Å²) in [6.07, 6.45) is 0. The van der Waals surface area contributed by atoms with Crippen LogP contribution in [-0.4, -0.2) is 63.8 Å². The number of nitrogens with zero attached hydrogens (tertiary/aromatic N) is 2. The molecule has 1 aromatic rings. The molecule has 124 valence electrons. The highest BCUT2D eigenvalue weighted by atomic mass is 32.2. The normalized spacial score (nSPS) is 17.4. The van der Waals surface area contributed by atoms with E-state index < -0.39 is 10.0 Å². The number of ether oxygens (including phenoxy) is 2. The van der Waals surface area contributed by atoms with Crippen molar-refractivity contribution in [1.29, 1.82) is 0 Å². The van der Waals surface area contributed by atoms with Gasteiger partial charge in [0.05, 0.1) is 20.0 Å². The van der Waals surface area contributed by atoms with Gasteiger partial charge in [-0.05, 0) is 25.1 Å². The predicted octanol–water partition coefficient (Wildman–Crippen LogP) is 1.17. The van der Waals surface area contributed by atoms with Gasteiger partial charge in [-0.25, -0.2) is 8.42 Å². The first-order valence-electron chi connectivity index (χ1n) is 7.41. The molecule has 0 atom stereocenters. The van der Waals surface area contributed by atoms with Gasteiger partial charge in [0.25, 0.3) is 0 Å². The summed E-state index contributed by atoms with van der Waals surface area (Å²) in [6.45, 7) is 4.94. The molecule has 0 saturated carbocycles. The van der Waals surface area contributed by atoms with Gasteiger partial charge >= 0.3 is 0 Å². The minimum Gasteiger partial charge on any atom is -0.497 e. The van der Waals surface area contributed by atoms with Crippen LogP contribution in [0.15, 0.2) is 18.2 Å². The molecule has 0 unspecified atom stereocenters. The Kier molecular flexibility index (Phi) is 5.66. The highest BCUT2D eigenvalue weighted by Crippen LogP contribution is 2.25. The summed E-state index contributed by atoms with van der Waals surface area (Å²) in [6, 6.07) is 5.73. The zero-order valence-electron chi connectivity index (χ0n) is 13.4. The Morgan fingerprint density at radius 1 is 1.09 bits per heavy atom. The number of benzene rings is 1. The van der Waals surface area contributed by atoms with Gasteiger partial charge in [0.2, 0.25) is 10.0 Å². The third kappa shape index (κ3) is 3.91. The SMILES string of the molecule is CCS(=O)(=O)N1CCN(Cc2cc(OC)ccc2OC)CC1. The molecule has 7 heteroatoms. The molecular weight excluding hydrogens is 304 g/mol. The maximum Gasteiger partial charge on any atom is 0.213 e. The summed E-state index contributed by atoms with van der Waals surface area (Å²) in [4.78, 5) is 2.24. The van der Waals surface area contributed by atoms with Crippen molar-refractivity contribution in [3.63, 3.8) is 0 Å². The number of sulfonamides is 1. The van der Waals surface area contributed by atoms with Crippen LogP contribution in [0.5, 0.6) is 11.5 Å². The summed E-state index contributed by atoms with van der Waals surface area (Å²) in [7, 11) is 0.210. The van der Waals surface area contributed by atoms with Crippen molar-refractivity contribution in [2.75, 3.05) is 46.2 Å². The van der Waals surface area contributed by atoms with E-state index in [0.717, 1.165) is 36.7 Å². The number of piperazine rings is 1. The molecule has 2 rings (SSSR count). The van der Waals surface area contributed by atoms with Crippen molar-refractivity contribution in [3.05, 3.63) is 23.8 Å². The third-order valence-electron chi connectivity index (χ3n) is 3.97. The fourth-order valence-corrected chi connectivity index (χ4v) is 3.68. The summed E-state index contributed by atoms with van der Waals surface area (Å²) >= 11 is 0. The molecule has 0 radical (unpaired) electrons. The van der Waals surface area contributed by atoms with E-state index >= 15 is 0 Å². The summed E-state index contributed by atoms with van der Waals surface area (Å²) in [5, 5.41) is 0. The first-order chi connectivity index (χ1) is 10.5. The van der Waals surface area contributed by atoms with Crippen LogP contribution in [0.4, 0.5) is 0 Å². The van der Waals surface area contributed by atoms with Gasteiger partial charge in [0, 0.05) is 38.3 Å². The zero-order valence-corrected chi connectivity index (χ0v) is 14.2. The molecule has 1 fully saturated rings. The number of methoxy groups -OCH3 is 2. The maximum atomic E-state index is 11.9.